The minimum atomic E-state index is -1.07. The number of nitrogens with one attached hydrogen (secondary N) is 2. The monoisotopic (exact) mass is 594 g/mol. The van der Waals surface area contributed by atoms with Crippen LogP contribution in [0.4, 0.5) is 0 Å². The first-order valence-corrected chi connectivity index (χ1v) is 14.7. The highest BCUT2D eigenvalue weighted by atomic mass is 16.4. The van der Waals surface area contributed by atoms with Gasteiger partial charge in [-0.15, -0.1) is 0 Å². The van der Waals surface area contributed by atoms with E-state index in [0.29, 0.717) is 0 Å². The van der Waals surface area contributed by atoms with E-state index < -0.39 is 29.9 Å². The molecule has 0 heterocycles. The molecule has 0 saturated carbocycles. The Bertz CT molecular complexity index is 1650. The van der Waals surface area contributed by atoms with Crippen molar-refractivity contribution in [2.75, 3.05) is 0 Å². The number of benzene rings is 4. The Balaban J connectivity index is 1.59. The van der Waals surface area contributed by atoms with E-state index in [1.807, 2.05) is 91.0 Å². The second-order valence-corrected chi connectivity index (χ2v) is 11.7. The number of rotatable bonds is 12. The number of fused-ring (bicyclic) bond motifs is 1. The van der Waals surface area contributed by atoms with Gasteiger partial charge in [-0.05, 0) is 56.5 Å². The van der Waals surface area contributed by atoms with Crippen molar-refractivity contribution in [2.24, 2.45) is 11.8 Å². The van der Waals surface area contributed by atoms with Crippen LogP contribution < -0.4 is 10.6 Å². The number of carbonyl (C=O) groups excluding carboxylic acids is 2. The van der Waals surface area contributed by atoms with Crippen molar-refractivity contribution in [3.05, 3.63) is 108 Å². The number of amides is 2. The van der Waals surface area contributed by atoms with Gasteiger partial charge < -0.3 is 20.8 Å². The quantitative estimate of drug-likeness (QED) is 0.168. The van der Waals surface area contributed by atoms with E-state index in [9.17, 15) is 29.4 Å². The number of carboxylic acid groups (broad SMARTS) is 2. The third kappa shape index (κ3) is 7.50. The third-order valence-corrected chi connectivity index (χ3v) is 7.77. The first-order chi connectivity index (χ1) is 21.0. The Morgan fingerprint density at radius 1 is 0.636 bits per heavy atom. The van der Waals surface area contributed by atoms with Crippen molar-refractivity contribution >= 4 is 34.5 Å². The Kier molecular flexibility index (Phi) is 10.2. The standard InChI is InChI=1S/C36H38N2O6/c1-21(2)32(35(41)42)37-30(39)20-28-12-8-11-27-19-26(17-18-29(27)28)23-13-15-25(16-14-23)31(24-9-6-5-7-10-24)34(40)38-33(22(3)4)36(43)44/h5-19,21-22,31-33H,20H2,1-4H3,(H,37,39)(H,38,40)(H,41,42)(H,43,44)/t31?,32-,33-/m0/s1. The Labute approximate surface area is 257 Å². The molecule has 3 atom stereocenters. The molecule has 0 aliphatic carbocycles. The van der Waals surface area contributed by atoms with Gasteiger partial charge in [0.25, 0.3) is 0 Å². The van der Waals surface area contributed by atoms with Crippen molar-refractivity contribution in [3.8, 4) is 11.1 Å². The Morgan fingerprint density at radius 3 is 1.80 bits per heavy atom. The van der Waals surface area contributed by atoms with E-state index in [-0.39, 0.29) is 30.1 Å². The lowest BCUT2D eigenvalue weighted by molar-refractivity contribution is -0.143. The van der Waals surface area contributed by atoms with Crippen LogP contribution in [0.15, 0.2) is 91.0 Å². The summed E-state index contributed by atoms with van der Waals surface area (Å²) in [7, 11) is 0. The number of hydrogen-bond donors (Lipinski definition) is 4. The highest BCUT2D eigenvalue weighted by Crippen LogP contribution is 2.30. The molecule has 4 aromatic rings. The van der Waals surface area contributed by atoms with Gasteiger partial charge in [0.05, 0.1) is 12.3 Å². The third-order valence-electron chi connectivity index (χ3n) is 7.77. The van der Waals surface area contributed by atoms with Gasteiger partial charge in [-0.25, -0.2) is 9.59 Å². The molecule has 8 heteroatoms. The van der Waals surface area contributed by atoms with Crippen LogP contribution in [0, 0.1) is 11.8 Å². The molecule has 0 aliphatic heterocycles. The number of aliphatic carboxylic acids is 2. The van der Waals surface area contributed by atoms with E-state index in [0.717, 1.165) is 38.6 Å². The summed E-state index contributed by atoms with van der Waals surface area (Å²) >= 11 is 0. The Hall–Kier alpha value is -4.98. The van der Waals surface area contributed by atoms with Crippen molar-refractivity contribution < 1.29 is 29.4 Å². The molecule has 0 spiro atoms. The number of hydrogen-bond acceptors (Lipinski definition) is 4. The number of carboxylic acids is 2. The van der Waals surface area contributed by atoms with Gasteiger partial charge >= 0.3 is 11.9 Å². The molecule has 8 nitrogen and oxygen atoms in total. The average molecular weight is 595 g/mol. The van der Waals surface area contributed by atoms with Gasteiger partial charge in [-0.1, -0.05) is 113 Å². The van der Waals surface area contributed by atoms with E-state index in [4.69, 9.17) is 0 Å². The molecule has 228 valence electrons. The van der Waals surface area contributed by atoms with E-state index in [2.05, 4.69) is 10.6 Å². The lowest BCUT2D eigenvalue weighted by Gasteiger charge is -2.23. The average Bonchev–Trinajstić information content (AvgIpc) is 2.99. The largest absolute Gasteiger partial charge is 0.480 e. The second kappa shape index (κ2) is 14.0. The molecule has 0 aromatic heterocycles. The molecular weight excluding hydrogens is 556 g/mol. The second-order valence-electron chi connectivity index (χ2n) is 11.7. The van der Waals surface area contributed by atoms with Crippen LogP contribution >= 0.6 is 0 Å². The minimum absolute atomic E-state index is 0.0599. The summed E-state index contributed by atoms with van der Waals surface area (Å²) in [6, 6.07) is 26.6. The van der Waals surface area contributed by atoms with Crippen LogP contribution in [0.3, 0.4) is 0 Å². The lowest BCUT2D eigenvalue weighted by atomic mass is 9.88. The van der Waals surface area contributed by atoms with E-state index in [1.54, 1.807) is 27.7 Å². The molecule has 4 aromatic carbocycles. The fourth-order valence-electron chi connectivity index (χ4n) is 5.35. The van der Waals surface area contributed by atoms with E-state index >= 15 is 0 Å². The van der Waals surface area contributed by atoms with Gasteiger partial charge in [0.2, 0.25) is 11.8 Å². The zero-order valence-corrected chi connectivity index (χ0v) is 25.3. The molecule has 0 bridgehead atoms. The van der Waals surface area contributed by atoms with Gasteiger partial charge in [0.1, 0.15) is 12.1 Å². The topological polar surface area (TPSA) is 133 Å². The zero-order valence-electron chi connectivity index (χ0n) is 25.3. The lowest BCUT2D eigenvalue weighted by Crippen LogP contribution is -2.46. The van der Waals surface area contributed by atoms with Crippen LogP contribution in [0.5, 0.6) is 0 Å². The SMILES string of the molecule is CC(C)[C@H](NC(=O)Cc1cccc2cc(-c3ccc(C(C(=O)N[C@H](C(=O)O)C(C)C)c4ccccc4)cc3)ccc12)C(=O)O. The van der Waals surface area contributed by atoms with Crippen molar-refractivity contribution in [1.29, 1.82) is 0 Å². The predicted molar refractivity (Wildman–Crippen MR) is 170 cm³/mol. The molecule has 4 N–H and O–H groups in total. The maximum Gasteiger partial charge on any atom is 0.326 e. The summed E-state index contributed by atoms with van der Waals surface area (Å²) in [5, 5.41) is 26.2. The molecule has 0 saturated heterocycles. The van der Waals surface area contributed by atoms with Crippen LogP contribution in [-0.2, 0) is 25.6 Å². The fourth-order valence-corrected chi connectivity index (χ4v) is 5.35. The van der Waals surface area contributed by atoms with E-state index in [1.165, 1.54) is 0 Å². The molecule has 0 aliphatic rings. The molecule has 4 rings (SSSR count). The molecule has 2 amide bonds. The first kappa shape index (κ1) is 31.9. The van der Waals surface area contributed by atoms with Gasteiger partial charge in [0.15, 0.2) is 0 Å². The van der Waals surface area contributed by atoms with Gasteiger partial charge in [-0.2, -0.15) is 0 Å². The Morgan fingerprint density at radius 2 is 1.20 bits per heavy atom. The maximum atomic E-state index is 13.5. The minimum Gasteiger partial charge on any atom is -0.480 e. The molecule has 1 unspecified atom stereocenters. The van der Waals surface area contributed by atoms with Crippen LogP contribution in [0.25, 0.3) is 21.9 Å². The maximum absolute atomic E-state index is 13.5. The van der Waals surface area contributed by atoms with Gasteiger partial charge in [0, 0.05) is 0 Å². The van der Waals surface area contributed by atoms with Crippen molar-refractivity contribution in [1.82, 2.24) is 10.6 Å². The first-order valence-electron chi connectivity index (χ1n) is 14.7. The summed E-state index contributed by atoms with van der Waals surface area (Å²) in [5.41, 5.74) is 4.17. The van der Waals surface area contributed by atoms with Crippen molar-refractivity contribution in [2.45, 2.75) is 52.1 Å². The highest BCUT2D eigenvalue weighted by molar-refractivity contribution is 5.94. The number of carbonyl (C=O) groups is 4. The molecular formula is C36H38N2O6. The van der Waals surface area contributed by atoms with Gasteiger partial charge in [-0.3, -0.25) is 9.59 Å². The predicted octanol–water partition coefficient (Wildman–Crippen LogP) is 5.63. The summed E-state index contributed by atoms with van der Waals surface area (Å²) in [6.45, 7) is 7.02. The highest BCUT2D eigenvalue weighted by Gasteiger charge is 2.29. The molecule has 0 radical (unpaired) electrons. The smallest absolute Gasteiger partial charge is 0.326 e. The summed E-state index contributed by atoms with van der Waals surface area (Å²) in [4.78, 5) is 49.4. The molecule has 0 fully saturated rings. The summed E-state index contributed by atoms with van der Waals surface area (Å²) < 4.78 is 0. The van der Waals surface area contributed by atoms with Crippen LogP contribution in [0.1, 0.15) is 50.3 Å². The summed E-state index contributed by atoms with van der Waals surface area (Å²) in [5.74, 6) is -4.06. The summed E-state index contributed by atoms with van der Waals surface area (Å²) in [6.07, 6.45) is 0.0599. The van der Waals surface area contributed by atoms with Crippen LogP contribution in [-0.4, -0.2) is 46.0 Å². The van der Waals surface area contributed by atoms with Crippen molar-refractivity contribution in [3.63, 3.8) is 0 Å². The molecule has 44 heavy (non-hydrogen) atoms. The van der Waals surface area contributed by atoms with Crippen LogP contribution in [0.2, 0.25) is 0 Å². The fraction of sp³-hybridized carbons (Fsp3) is 0.278. The normalized spacial score (nSPS) is 13.3. The zero-order chi connectivity index (χ0) is 32.0.